The van der Waals surface area contributed by atoms with Crippen molar-refractivity contribution >= 4 is 88.4 Å². The van der Waals surface area contributed by atoms with Gasteiger partial charge in [-0.2, -0.15) is 0 Å². The molecule has 0 amide bonds. The summed E-state index contributed by atoms with van der Waals surface area (Å²) in [6.45, 7) is 0. The molecule has 0 spiro atoms. The predicted molar refractivity (Wildman–Crippen MR) is 239 cm³/mol. The lowest BCUT2D eigenvalue weighted by Gasteiger charge is -2.15. The van der Waals surface area contributed by atoms with Gasteiger partial charge in [0.05, 0.1) is 42.9 Å². The Balaban J connectivity index is 0.000000135. The number of rotatable bonds is 4. The summed E-state index contributed by atoms with van der Waals surface area (Å²) >= 11 is 16.6. The van der Waals surface area contributed by atoms with Crippen LogP contribution >= 0.6 is 39.1 Å². The first-order valence-electron chi connectivity index (χ1n) is 18.0. The van der Waals surface area contributed by atoms with Crippen molar-refractivity contribution in [2.24, 2.45) is 0 Å². The van der Waals surface area contributed by atoms with Gasteiger partial charge in [0.15, 0.2) is 0 Å². The Labute approximate surface area is 338 Å². The standard InChI is InChI=1S/C25H18ClN.C18H11BrClN.C6H7N/c26-22-13-8-16-25(21(22)17-18-9-2-1-3-10-18)27-23-14-6-4-11-19(23)20-12-5-7-15-24(20)27;19-18-14(20)8-5-11-17(18)21-15-9-3-1-6-12(15)13-7-2-4-10-16(13)21;7-6-4-2-1-3-5-6/h1-16H,17H2;1-11H;1-5H,7H2. The highest BCUT2D eigenvalue weighted by Gasteiger charge is 2.17. The van der Waals surface area contributed by atoms with Crippen LogP contribution in [0.1, 0.15) is 11.1 Å². The molecule has 0 atom stereocenters. The third-order valence-corrected chi connectivity index (χ3v) is 11.4. The van der Waals surface area contributed by atoms with E-state index in [1.165, 1.54) is 49.2 Å². The molecule has 3 nitrogen and oxygen atoms in total. The minimum atomic E-state index is 0.717. The van der Waals surface area contributed by atoms with Gasteiger partial charge < -0.3 is 14.9 Å². The van der Waals surface area contributed by atoms with Gasteiger partial charge in [0.2, 0.25) is 0 Å². The normalized spacial score (nSPS) is 11.0. The third-order valence-electron chi connectivity index (χ3n) is 9.69. The molecule has 6 heteroatoms. The van der Waals surface area contributed by atoms with Crippen LogP contribution in [-0.2, 0) is 6.42 Å². The van der Waals surface area contributed by atoms with Crippen molar-refractivity contribution in [3.05, 3.63) is 220 Å². The molecule has 0 aliphatic rings. The second kappa shape index (κ2) is 16.3. The summed E-state index contributed by atoms with van der Waals surface area (Å²) in [5.41, 5.74) is 15.6. The summed E-state index contributed by atoms with van der Waals surface area (Å²) in [5.74, 6) is 0. The van der Waals surface area contributed by atoms with Crippen LogP contribution in [0.25, 0.3) is 55.0 Å². The first-order valence-corrected chi connectivity index (χ1v) is 19.6. The van der Waals surface area contributed by atoms with Crippen molar-refractivity contribution in [2.45, 2.75) is 6.42 Å². The van der Waals surface area contributed by atoms with Crippen LogP contribution in [-0.4, -0.2) is 9.13 Å². The SMILES string of the molecule is Clc1cccc(-n2c3ccccc3c3ccccc32)c1Br.Clc1cccc(-n2c3ccccc3c3ccccc32)c1Cc1ccccc1.Nc1ccccc1. The predicted octanol–water partition coefficient (Wildman–Crippen LogP) is 14.5. The smallest absolute Gasteiger partial charge is 0.0619 e. The average Bonchev–Trinajstić information content (AvgIpc) is 3.74. The van der Waals surface area contributed by atoms with Gasteiger partial charge in [-0.15, -0.1) is 0 Å². The maximum atomic E-state index is 6.69. The number of nitrogens with zero attached hydrogens (tertiary/aromatic N) is 2. The number of fused-ring (bicyclic) bond motifs is 6. The number of para-hydroxylation sites is 5. The molecule has 2 heterocycles. The molecule has 0 bridgehead atoms. The summed E-state index contributed by atoms with van der Waals surface area (Å²) in [6, 6.07) is 66.1. The fourth-order valence-electron chi connectivity index (χ4n) is 7.21. The van der Waals surface area contributed by atoms with Crippen molar-refractivity contribution in [3.63, 3.8) is 0 Å². The number of hydrogen-bond acceptors (Lipinski definition) is 1. The molecule has 0 saturated carbocycles. The van der Waals surface area contributed by atoms with Crippen molar-refractivity contribution in [3.8, 4) is 11.4 Å². The van der Waals surface area contributed by atoms with Gasteiger partial charge in [0.1, 0.15) is 0 Å². The van der Waals surface area contributed by atoms with Crippen LogP contribution in [0.15, 0.2) is 199 Å². The third kappa shape index (κ3) is 7.37. The topological polar surface area (TPSA) is 35.9 Å². The molecule has 0 radical (unpaired) electrons. The molecular formula is C49H36BrCl2N3. The van der Waals surface area contributed by atoms with Gasteiger partial charge in [0.25, 0.3) is 0 Å². The second-order valence-electron chi connectivity index (χ2n) is 13.1. The van der Waals surface area contributed by atoms with E-state index in [1.54, 1.807) is 0 Å². The van der Waals surface area contributed by atoms with Gasteiger partial charge in [-0.1, -0.05) is 157 Å². The minimum absolute atomic E-state index is 0.717. The van der Waals surface area contributed by atoms with E-state index in [0.717, 1.165) is 43.6 Å². The van der Waals surface area contributed by atoms with Gasteiger partial charge >= 0.3 is 0 Å². The molecular weight excluding hydrogens is 781 g/mol. The van der Waals surface area contributed by atoms with Crippen LogP contribution in [0.4, 0.5) is 5.69 Å². The van der Waals surface area contributed by atoms with Gasteiger partial charge in [0, 0.05) is 38.7 Å². The summed E-state index contributed by atoms with van der Waals surface area (Å²) in [4.78, 5) is 0. The lowest BCUT2D eigenvalue weighted by Crippen LogP contribution is -2.01. The second-order valence-corrected chi connectivity index (χ2v) is 14.7. The largest absolute Gasteiger partial charge is 0.399 e. The molecule has 10 rings (SSSR count). The van der Waals surface area contributed by atoms with E-state index in [0.29, 0.717) is 0 Å². The van der Waals surface area contributed by atoms with E-state index in [2.05, 4.69) is 159 Å². The molecule has 0 unspecified atom stereocenters. The number of halogens is 3. The number of anilines is 1. The Kier molecular flexibility index (Phi) is 10.7. The van der Waals surface area contributed by atoms with E-state index in [9.17, 15) is 0 Å². The average molecular weight is 818 g/mol. The molecule has 55 heavy (non-hydrogen) atoms. The monoisotopic (exact) mass is 815 g/mol. The Morgan fingerprint density at radius 1 is 0.400 bits per heavy atom. The Morgan fingerprint density at radius 2 is 0.782 bits per heavy atom. The minimum Gasteiger partial charge on any atom is -0.399 e. The van der Waals surface area contributed by atoms with Gasteiger partial charge in [-0.25, -0.2) is 0 Å². The van der Waals surface area contributed by atoms with E-state index < -0.39 is 0 Å². The Morgan fingerprint density at radius 3 is 1.24 bits per heavy atom. The molecule has 0 aliphatic heterocycles. The van der Waals surface area contributed by atoms with Crippen molar-refractivity contribution in [1.82, 2.24) is 9.13 Å². The number of hydrogen-bond donors (Lipinski definition) is 1. The molecule has 0 fully saturated rings. The summed E-state index contributed by atoms with van der Waals surface area (Å²) in [5, 5.41) is 6.55. The van der Waals surface area contributed by atoms with Crippen LogP contribution in [0, 0.1) is 0 Å². The number of aromatic nitrogens is 2. The van der Waals surface area contributed by atoms with E-state index in [1.807, 2.05) is 60.7 Å². The van der Waals surface area contributed by atoms with Crippen LogP contribution in [0.5, 0.6) is 0 Å². The quantitative estimate of drug-likeness (QED) is 0.176. The lowest BCUT2D eigenvalue weighted by atomic mass is 10.0. The summed E-state index contributed by atoms with van der Waals surface area (Å²) < 4.78 is 5.51. The zero-order valence-corrected chi connectivity index (χ0v) is 32.9. The van der Waals surface area contributed by atoms with Gasteiger partial charge in [-0.3, -0.25) is 0 Å². The van der Waals surface area contributed by atoms with Crippen LogP contribution in [0.3, 0.4) is 0 Å². The number of benzene rings is 8. The maximum absolute atomic E-state index is 6.69. The fourth-order valence-corrected chi connectivity index (χ4v) is 8.06. The summed E-state index contributed by atoms with van der Waals surface area (Å²) in [7, 11) is 0. The molecule has 2 N–H and O–H groups in total. The molecule has 2 aromatic heterocycles. The zero-order valence-electron chi connectivity index (χ0n) is 29.8. The molecule has 0 aliphatic carbocycles. The highest BCUT2D eigenvalue weighted by Crippen LogP contribution is 2.37. The summed E-state index contributed by atoms with van der Waals surface area (Å²) in [6.07, 6.45) is 0.802. The number of nitrogen functional groups attached to an aromatic ring is 1. The van der Waals surface area contributed by atoms with Crippen molar-refractivity contribution < 1.29 is 0 Å². The van der Waals surface area contributed by atoms with Crippen LogP contribution < -0.4 is 5.73 Å². The molecule has 0 saturated heterocycles. The Bertz CT molecular complexity index is 2790. The van der Waals surface area contributed by atoms with Crippen molar-refractivity contribution in [2.75, 3.05) is 5.73 Å². The first kappa shape index (κ1) is 36.2. The van der Waals surface area contributed by atoms with Crippen LogP contribution in [0.2, 0.25) is 10.0 Å². The van der Waals surface area contributed by atoms with Gasteiger partial charge in [-0.05, 0) is 87.7 Å². The number of nitrogens with two attached hydrogens (primary N) is 1. The first-order chi connectivity index (χ1) is 27.0. The highest BCUT2D eigenvalue weighted by molar-refractivity contribution is 9.10. The van der Waals surface area contributed by atoms with E-state index in [-0.39, 0.29) is 0 Å². The zero-order chi connectivity index (χ0) is 37.7. The van der Waals surface area contributed by atoms with Crippen molar-refractivity contribution in [1.29, 1.82) is 0 Å². The van der Waals surface area contributed by atoms with E-state index >= 15 is 0 Å². The molecule has 8 aromatic carbocycles. The maximum Gasteiger partial charge on any atom is 0.0619 e. The lowest BCUT2D eigenvalue weighted by molar-refractivity contribution is 1.09. The Hall–Kier alpha value is -5.78. The molecule has 10 aromatic rings. The van der Waals surface area contributed by atoms with E-state index in [4.69, 9.17) is 28.9 Å². The fraction of sp³-hybridized carbons (Fsp3) is 0.0204. The highest BCUT2D eigenvalue weighted by atomic mass is 79.9. The molecule has 268 valence electrons.